The van der Waals surface area contributed by atoms with Gasteiger partial charge in [0.15, 0.2) is 11.5 Å². The van der Waals surface area contributed by atoms with Gasteiger partial charge in [-0.1, -0.05) is 152 Å². The summed E-state index contributed by atoms with van der Waals surface area (Å²) in [6.45, 7) is 19.8. The van der Waals surface area contributed by atoms with E-state index in [4.69, 9.17) is 88.6 Å². The Labute approximate surface area is 311 Å². The van der Waals surface area contributed by atoms with E-state index in [9.17, 15) is 19.2 Å². The summed E-state index contributed by atoms with van der Waals surface area (Å²) in [4.78, 5) is 52.8. The largest absolute Gasteiger partial charge is 0.461 e. The van der Waals surface area contributed by atoms with E-state index in [0.29, 0.717) is 0 Å². The van der Waals surface area contributed by atoms with Gasteiger partial charge >= 0.3 is 23.9 Å². The number of hydrogen-bond acceptors (Lipinski definition) is 8. The number of esters is 4. The van der Waals surface area contributed by atoms with Gasteiger partial charge in [0.1, 0.15) is 11.1 Å². The monoisotopic (exact) mass is 786 g/mol. The van der Waals surface area contributed by atoms with Crippen LogP contribution in [0.3, 0.4) is 0 Å². The molecule has 0 fully saturated rings. The summed E-state index contributed by atoms with van der Waals surface area (Å²) in [7, 11) is 0. The van der Waals surface area contributed by atoms with Crippen molar-refractivity contribution in [1.82, 2.24) is 0 Å². The van der Waals surface area contributed by atoms with Gasteiger partial charge in [0.25, 0.3) is 0 Å². The van der Waals surface area contributed by atoms with Crippen LogP contribution in [0.5, 0.6) is 11.5 Å². The molecule has 0 aliphatic heterocycles. The van der Waals surface area contributed by atoms with Crippen LogP contribution in [-0.4, -0.2) is 37.1 Å². The molecular formula is C34H40Cl6O8. The van der Waals surface area contributed by atoms with Crippen molar-refractivity contribution >= 4 is 93.5 Å². The number of rotatable bonds is 12. The summed E-state index contributed by atoms with van der Waals surface area (Å²) in [6.07, 6.45) is 1.59. The third-order valence-corrected chi connectivity index (χ3v) is 11.9. The molecule has 2 aromatic carbocycles. The Bertz CT molecular complexity index is 1480. The molecule has 266 valence electrons. The fraction of sp³-hybridized carbons (Fsp3) is 0.529. The van der Waals surface area contributed by atoms with Crippen LogP contribution in [0.1, 0.15) is 103 Å². The minimum atomic E-state index is -1.66. The molecule has 0 spiro atoms. The summed E-state index contributed by atoms with van der Waals surface area (Å²) >= 11 is 37.6. The first-order valence-corrected chi connectivity index (χ1v) is 17.3. The molecule has 0 saturated carbocycles. The fourth-order valence-corrected chi connectivity index (χ4v) is 5.41. The molecule has 0 amide bonds. The molecule has 0 saturated heterocycles. The van der Waals surface area contributed by atoms with Crippen LogP contribution in [0.2, 0.25) is 30.1 Å². The average Bonchev–Trinajstić information content (AvgIpc) is 2.99. The Morgan fingerprint density at radius 2 is 0.812 bits per heavy atom. The van der Waals surface area contributed by atoms with Gasteiger partial charge in [-0.3, -0.25) is 0 Å². The van der Waals surface area contributed by atoms with E-state index in [1.54, 1.807) is 0 Å². The van der Waals surface area contributed by atoms with E-state index >= 15 is 0 Å². The summed E-state index contributed by atoms with van der Waals surface area (Å²) < 4.78 is 21.6. The number of benzene rings is 2. The lowest BCUT2D eigenvalue weighted by molar-refractivity contribution is -0.156. The minimum absolute atomic E-state index is 0.0373. The Hall–Kier alpha value is -1.94. The molecule has 2 rings (SSSR count). The highest BCUT2D eigenvalue weighted by Crippen LogP contribution is 2.45. The summed E-state index contributed by atoms with van der Waals surface area (Å²) in [5, 5.41) is -1.61. The lowest BCUT2D eigenvalue weighted by Crippen LogP contribution is -2.37. The maximum absolute atomic E-state index is 13.3. The zero-order chi connectivity index (χ0) is 37.2. The van der Waals surface area contributed by atoms with E-state index in [-0.39, 0.29) is 54.2 Å². The van der Waals surface area contributed by atoms with Crippen molar-refractivity contribution < 1.29 is 38.1 Å². The molecule has 8 nitrogen and oxygen atoms in total. The number of ether oxygens (including phenoxy) is 4. The van der Waals surface area contributed by atoms with Crippen molar-refractivity contribution in [3.63, 3.8) is 0 Å². The molecule has 0 N–H and O–H groups in total. The van der Waals surface area contributed by atoms with E-state index in [2.05, 4.69) is 0 Å². The van der Waals surface area contributed by atoms with E-state index in [1.807, 2.05) is 69.2 Å². The van der Waals surface area contributed by atoms with E-state index in [0.717, 1.165) is 25.0 Å². The van der Waals surface area contributed by atoms with Crippen LogP contribution < -0.4 is 9.47 Å². The molecule has 0 aliphatic carbocycles. The zero-order valence-corrected chi connectivity index (χ0v) is 33.1. The van der Waals surface area contributed by atoms with Crippen molar-refractivity contribution in [1.29, 1.82) is 0 Å². The van der Waals surface area contributed by atoms with E-state index in [1.165, 1.54) is 0 Å². The van der Waals surface area contributed by atoms with Gasteiger partial charge in [-0.15, -0.1) is 0 Å². The van der Waals surface area contributed by atoms with Crippen LogP contribution >= 0.6 is 69.6 Å². The first-order chi connectivity index (χ1) is 21.9. The van der Waals surface area contributed by atoms with Gasteiger partial charge in [0.2, 0.25) is 0 Å². The Kier molecular flexibility index (Phi) is 14.0. The van der Waals surface area contributed by atoms with Crippen LogP contribution in [0.25, 0.3) is 0 Å². The molecule has 0 unspecified atom stereocenters. The van der Waals surface area contributed by atoms with Gasteiger partial charge < -0.3 is 18.9 Å². The van der Waals surface area contributed by atoms with Crippen molar-refractivity contribution in [2.45, 2.75) is 82.1 Å². The van der Waals surface area contributed by atoms with Crippen LogP contribution in [0.4, 0.5) is 0 Å². The topological polar surface area (TPSA) is 105 Å². The Balaban J connectivity index is 2.43. The molecular weight excluding hydrogens is 749 g/mol. The van der Waals surface area contributed by atoms with Crippen molar-refractivity contribution in [2.75, 3.05) is 13.2 Å². The molecule has 0 bridgehead atoms. The second kappa shape index (κ2) is 15.9. The van der Waals surface area contributed by atoms with Gasteiger partial charge in [-0.2, -0.15) is 0 Å². The van der Waals surface area contributed by atoms with Crippen LogP contribution in [0.15, 0.2) is 12.1 Å². The average molecular weight is 789 g/mol. The highest BCUT2D eigenvalue weighted by Gasteiger charge is 2.39. The molecule has 0 radical (unpaired) electrons. The first-order valence-electron chi connectivity index (χ1n) is 15.0. The molecule has 0 heterocycles. The number of carbonyl (C=O) groups is 4. The minimum Gasteiger partial charge on any atom is -0.461 e. The van der Waals surface area contributed by atoms with Crippen molar-refractivity contribution in [3.8, 4) is 11.5 Å². The van der Waals surface area contributed by atoms with Gasteiger partial charge in [0.05, 0.1) is 43.3 Å². The first kappa shape index (κ1) is 42.2. The molecule has 0 aliphatic rings. The molecule has 0 atom stereocenters. The quantitative estimate of drug-likeness (QED) is 0.0906. The third kappa shape index (κ3) is 9.23. The zero-order valence-electron chi connectivity index (χ0n) is 28.5. The van der Waals surface area contributed by atoms with Gasteiger partial charge in [0, 0.05) is 10.8 Å². The molecule has 0 aromatic heterocycles. The number of carbonyl (C=O) groups excluding carboxylic acids is 4. The second-order valence-electron chi connectivity index (χ2n) is 13.9. The second-order valence-corrected chi connectivity index (χ2v) is 16.3. The third-order valence-electron chi connectivity index (χ3n) is 9.78. The predicted octanol–water partition coefficient (Wildman–Crippen LogP) is 11.4. The van der Waals surface area contributed by atoms with E-state index < -0.39 is 57.3 Å². The van der Waals surface area contributed by atoms with Crippen LogP contribution in [-0.2, 0) is 19.1 Å². The smallest absolute Gasteiger partial charge is 0.423 e. The highest BCUT2D eigenvalue weighted by molar-refractivity contribution is 6.47. The van der Waals surface area contributed by atoms with Crippen LogP contribution in [0, 0.1) is 21.7 Å². The summed E-state index contributed by atoms with van der Waals surface area (Å²) in [5.74, 6) is -6.55. The Morgan fingerprint density at radius 3 is 1.08 bits per heavy atom. The molecule has 48 heavy (non-hydrogen) atoms. The summed E-state index contributed by atoms with van der Waals surface area (Å²) in [5.41, 5.74) is -2.38. The number of hydrogen-bond donors (Lipinski definition) is 0. The predicted molar refractivity (Wildman–Crippen MR) is 190 cm³/mol. The maximum Gasteiger partial charge on any atom is 0.423 e. The van der Waals surface area contributed by atoms with Crippen molar-refractivity contribution in [3.05, 3.63) is 53.4 Å². The Morgan fingerprint density at radius 1 is 0.521 bits per heavy atom. The van der Waals surface area contributed by atoms with Gasteiger partial charge in [-0.25, -0.2) is 19.2 Å². The maximum atomic E-state index is 13.3. The normalized spacial score (nSPS) is 12.4. The summed E-state index contributed by atoms with van der Waals surface area (Å²) in [6, 6.07) is 2.23. The molecule has 2 aromatic rings. The lowest BCUT2D eigenvalue weighted by atomic mass is 9.67. The standard InChI is InChI=1S/C34H40Cl6O8/c1-11-31(3,4)33(7,8)15-45-27(41)21-23(39)17(35)13-19(37)25(21)47-29(43)30(44)48-26-20(38)14-18(36)24(40)22(26)28(42)46-16-34(9,10)32(5,6)12-2/h13-14H,11-12,15-16H2,1-10H3. The van der Waals surface area contributed by atoms with Gasteiger partial charge in [-0.05, 0) is 23.0 Å². The SMILES string of the molecule is CCC(C)(C)C(C)(C)COC(=O)c1c(Cl)c(Cl)cc(Cl)c1OC(=O)C(=O)Oc1c(Cl)cc(Cl)c(Cl)c1C(=O)OCC(C)(C)C(C)(C)CC. The van der Waals surface area contributed by atoms with Crippen molar-refractivity contribution in [2.24, 2.45) is 21.7 Å². The highest BCUT2D eigenvalue weighted by atomic mass is 35.5. The number of halogens is 6. The fourth-order valence-electron chi connectivity index (χ4n) is 3.97. The molecule has 14 heteroatoms. The lowest BCUT2D eigenvalue weighted by Gasteiger charge is -2.40.